The first-order valence-corrected chi connectivity index (χ1v) is 6.14. The van der Waals surface area contributed by atoms with Gasteiger partial charge in [0, 0.05) is 6.42 Å². The van der Waals surface area contributed by atoms with Crippen molar-refractivity contribution in [2.75, 3.05) is 11.4 Å². The minimum Gasteiger partial charge on any atom is -0.298 e. The summed E-state index contributed by atoms with van der Waals surface area (Å²) in [5.74, 6) is 0.534. The average Bonchev–Trinajstić information content (AvgIpc) is 2.68. The van der Waals surface area contributed by atoms with Crippen LogP contribution in [-0.4, -0.2) is 33.2 Å². The van der Waals surface area contributed by atoms with Crippen molar-refractivity contribution >= 4 is 29.2 Å². The van der Waals surface area contributed by atoms with Crippen molar-refractivity contribution in [3.63, 3.8) is 0 Å². The number of Topliss-reactive ketones (excluding diaryl/α,β-unsaturated/α-hetero) is 1. The van der Waals surface area contributed by atoms with Crippen molar-refractivity contribution in [3.05, 3.63) is 11.1 Å². The Hall–Kier alpha value is -1.56. The first-order chi connectivity index (χ1) is 8.53. The van der Waals surface area contributed by atoms with Crippen molar-refractivity contribution < 1.29 is 9.59 Å². The van der Waals surface area contributed by atoms with Gasteiger partial charge < -0.3 is 0 Å². The first-order valence-electron chi connectivity index (χ1n) is 5.76. The van der Waals surface area contributed by atoms with Crippen molar-refractivity contribution in [1.82, 2.24) is 15.0 Å². The predicted octanol–water partition coefficient (Wildman–Crippen LogP) is 0.919. The van der Waals surface area contributed by atoms with Crippen LogP contribution in [0.5, 0.6) is 0 Å². The van der Waals surface area contributed by atoms with Crippen molar-refractivity contribution in [1.29, 1.82) is 0 Å². The third-order valence-corrected chi connectivity index (χ3v) is 3.74. The maximum absolute atomic E-state index is 12.2. The fourth-order valence-corrected chi connectivity index (χ4v) is 2.82. The van der Waals surface area contributed by atoms with E-state index in [0.29, 0.717) is 25.2 Å². The molecule has 0 N–H and O–H groups in total. The third kappa shape index (κ3) is 1.45. The zero-order chi connectivity index (χ0) is 12.9. The maximum Gasteiger partial charge on any atom is 0.244 e. The Morgan fingerprint density at radius 3 is 2.61 bits per heavy atom. The van der Waals surface area contributed by atoms with Crippen LogP contribution in [-0.2, 0) is 9.59 Å². The highest BCUT2D eigenvalue weighted by Gasteiger charge is 2.60. The Labute approximate surface area is 108 Å². The highest BCUT2D eigenvalue weighted by Crippen LogP contribution is 2.45. The van der Waals surface area contributed by atoms with Crippen LogP contribution in [0.25, 0.3) is 0 Å². The number of hydrogen-bond acceptors (Lipinski definition) is 5. The van der Waals surface area contributed by atoms with Gasteiger partial charge in [-0.05, 0) is 31.4 Å². The summed E-state index contributed by atoms with van der Waals surface area (Å²) in [6.07, 6.45) is 1.92. The van der Waals surface area contributed by atoms with Crippen molar-refractivity contribution in [2.45, 2.75) is 26.2 Å². The molecule has 2 aliphatic rings. The van der Waals surface area contributed by atoms with E-state index in [1.807, 2.05) is 0 Å². The first kappa shape index (κ1) is 11.5. The molecular weight excluding hydrogens is 256 g/mol. The van der Waals surface area contributed by atoms with Crippen LogP contribution in [0.2, 0.25) is 5.28 Å². The molecule has 6 nitrogen and oxygen atoms in total. The highest BCUT2D eigenvalue weighted by molar-refractivity contribution is 6.28. The van der Waals surface area contributed by atoms with E-state index in [1.54, 1.807) is 6.92 Å². The molecule has 1 saturated carbocycles. The number of carbonyl (C=O) groups excluding carboxylic acids is 2. The molecule has 7 heteroatoms. The number of anilines is 1. The monoisotopic (exact) mass is 266 g/mol. The lowest BCUT2D eigenvalue weighted by Crippen LogP contribution is -2.64. The number of ketones is 1. The molecule has 0 bridgehead atoms. The zero-order valence-electron chi connectivity index (χ0n) is 9.81. The van der Waals surface area contributed by atoms with Gasteiger partial charge in [0.15, 0.2) is 0 Å². The Bertz CT molecular complexity index is 542. The lowest BCUT2D eigenvalue weighted by Gasteiger charge is -2.43. The molecule has 1 aromatic heterocycles. The molecule has 94 valence electrons. The lowest BCUT2D eigenvalue weighted by molar-refractivity contribution is -0.144. The molecule has 1 aromatic rings. The molecule has 0 radical (unpaired) electrons. The average molecular weight is 267 g/mol. The molecule has 1 unspecified atom stereocenters. The molecule has 1 atom stereocenters. The van der Waals surface area contributed by atoms with Gasteiger partial charge in [0.05, 0.1) is 6.54 Å². The number of hydrogen-bond donors (Lipinski definition) is 0. The van der Waals surface area contributed by atoms with E-state index in [1.165, 1.54) is 4.90 Å². The van der Waals surface area contributed by atoms with Gasteiger partial charge in [-0.3, -0.25) is 14.5 Å². The van der Waals surface area contributed by atoms with Gasteiger partial charge in [0.2, 0.25) is 17.1 Å². The molecule has 1 spiro atoms. The summed E-state index contributed by atoms with van der Waals surface area (Å²) >= 11 is 5.74. The van der Waals surface area contributed by atoms with Gasteiger partial charge >= 0.3 is 0 Å². The van der Waals surface area contributed by atoms with E-state index in [0.717, 1.165) is 6.42 Å². The number of nitrogens with zero attached hydrogens (tertiary/aromatic N) is 4. The van der Waals surface area contributed by atoms with Gasteiger partial charge in [0.25, 0.3) is 0 Å². The number of halogens is 1. The second-order valence-electron chi connectivity index (χ2n) is 4.70. The molecule has 2 fully saturated rings. The topological polar surface area (TPSA) is 76.1 Å². The third-order valence-electron chi connectivity index (χ3n) is 3.57. The Morgan fingerprint density at radius 2 is 2.06 bits per heavy atom. The Balaban J connectivity index is 1.89. The minimum atomic E-state index is -0.799. The van der Waals surface area contributed by atoms with E-state index in [-0.39, 0.29) is 22.9 Å². The number of aromatic nitrogens is 3. The fraction of sp³-hybridized carbons (Fsp3) is 0.545. The molecule has 1 amide bonds. The summed E-state index contributed by atoms with van der Waals surface area (Å²) in [5, 5.41) is 0.0593. The number of amides is 1. The van der Waals surface area contributed by atoms with Gasteiger partial charge in [-0.15, -0.1) is 0 Å². The van der Waals surface area contributed by atoms with E-state index < -0.39 is 5.41 Å². The molecule has 1 aliphatic heterocycles. The van der Waals surface area contributed by atoms with Gasteiger partial charge in [-0.2, -0.15) is 9.97 Å². The molecule has 0 aromatic carbocycles. The Kier molecular flexibility index (Phi) is 2.38. The summed E-state index contributed by atoms with van der Waals surface area (Å²) in [5.41, 5.74) is -0.799. The van der Waals surface area contributed by atoms with Crippen LogP contribution in [0.1, 0.15) is 25.1 Å². The van der Waals surface area contributed by atoms with Crippen molar-refractivity contribution in [3.8, 4) is 0 Å². The van der Waals surface area contributed by atoms with E-state index >= 15 is 0 Å². The normalized spacial score (nSPS) is 26.9. The lowest BCUT2D eigenvalue weighted by atomic mass is 9.76. The number of aryl methyl sites for hydroxylation is 1. The number of rotatable bonds is 1. The van der Waals surface area contributed by atoms with E-state index in [2.05, 4.69) is 15.0 Å². The van der Waals surface area contributed by atoms with Crippen molar-refractivity contribution in [2.24, 2.45) is 5.41 Å². The Morgan fingerprint density at radius 1 is 1.28 bits per heavy atom. The second kappa shape index (κ2) is 3.71. The fourth-order valence-electron chi connectivity index (χ4n) is 2.62. The number of β-lactam (4-membered cyclic amide) rings is 1. The standard InChI is InChI=1S/C11H11ClN4O2/c1-6-13-9(12)15-10(14-6)16-5-11(8(16)18)4-2-3-7(11)17/h2-5H2,1H3. The summed E-state index contributed by atoms with van der Waals surface area (Å²) in [7, 11) is 0. The SMILES string of the molecule is Cc1nc(Cl)nc(N2CC3(CCCC3=O)C2=O)n1. The van der Waals surface area contributed by atoms with Gasteiger partial charge in [0.1, 0.15) is 17.0 Å². The highest BCUT2D eigenvalue weighted by atomic mass is 35.5. The van der Waals surface area contributed by atoms with Gasteiger partial charge in [-0.1, -0.05) is 0 Å². The minimum absolute atomic E-state index is 0.0422. The predicted molar refractivity (Wildman–Crippen MR) is 63.2 cm³/mol. The summed E-state index contributed by atoms with van der Waals surface area (Å²) in [6, 6.07) is 0. The molecule has 3 rings (SSSR count). The zero-order valence-corrected chi connectivity index (χ0v) is 10.6. The van der Waals surface area contributed by atoms with Crippen LogP contribution in [0.3, 0.4) is 0 Å². The van der Waals surface area contributed by atoms with Crippen LogP contribution in [0, 0.1) is 12.3 Å². The summed E-state index contributed by atoms with van der Waals surface area (Å²) in [6.45, 7) is 2.04. The quantitative estimate of drug-likeness (QED) is 0.558. The van der Waals surface area contributed by atoms with Crippen LogP contribution < -0.4 is 4.90 Å². The summed E-state index contributed by atoms with van der Waals surface area (Å²) < 4.78 is 0. The van der Waals surface area contributed by atoms with E-state index in [9.17, 15) is 9.59 Å². The number of carbonyl (C=O) groups is 2. The van der Waals surface area contributed by atoms with E-state index in [4.69, 9.17) is 11.6 Å². The molecule has 18 heavy (non-hydrogen) atoms. The molecule has 1 aliphatic carbocycles. The summed E-state index contributed by atoms with van der Waals surface area (Å²) in [4.78, 5) is 37.2. The maximum atomic E-state index is 12.2. The van der Waals surface area contributed by atoms with Crippen LogP contribution in [0.15, 0.2) is 0 Å². The molecule has 2 heterocycles. The molecular formula is C11H11ClN4O2. The van der Waals surface area contributed by atoms with Gasteiger partial charge in [-0.25, -0.2) is 4.98 Å². The largest absolute Gasteiger partial charge is 0.298 e. The smallest absolute Gasteiger partial charge is 0.244 e. The van der Waals surface area contributed by atoms with Crippen LogP contribution in [0.4, 0.5) is 5.95 Å². The van der Waals surface area contributed by atoms with Crippen LogP contribution >= 0.6 is 11.6 Å². The second-order valence-corrected chi connectivity index (χ2v) is 5.04. The molecule has 1 saturated heterocycles.